The van der Waals surface area contributed by atoms with Crippen LogP contribution >= 0.6 is 0 Å². The van der Waals surface area contributed by atoms with E-state index in [2.05, 4.69) is 78.4 Å². The molecule has 0 radical (unpaired) electrons. The minimum absolute atomic E-state index is 0. The summed E-state index contributed by atoms with van der Waals surface area (Å²) >= 11 is 0. The lowest BCUT2D eigenvalue weighted by molar-refractivity contribution is -0.723. The normalized spacial score (nSPS) is 13.2. The van der Waals surface area contributed by atoms with E-state index in [9.17, 15) is 0 Å². The van der Waals surface area contributed by atoms with E-state index in [0.717, 1.165) is 39.4 Å². The van der Waals surface area contributed by atoms with Gasteiger partial charge in [-0.15, -0.1) is 0 Å². The van der Waals surface area contributed by atoms with Crippen LogP contribution in [-0.4, -0.2) is 56.0 Å². The molecule has 0 amide bonds. The molecule has 0 aliphatic rings. The van der Waals surface area contributed by atoms with Crippen molar-refractivity contribution in [3.05, 3.63) is 0 Å². The van der Waals surface area contributed by atoms with Gasteiger partial charge in [0.05, 0.1) is 26.3 Å². The lowest BCUT2D eigenvalue weighted by Gasteiger charge is -2.35. The van der Waals surface area contributed by atoms with E-state index in [0.29, 0.717) is 10.1 Å². The zero-order chi connectivity index (χ0) is 19.1. The topological polar surface area (TPSA) is 51.7 Å². The highest BCUT2D eigenvalue weighted by Gasteiger charge is 2.37. The molecule has 0 atom stereocenters. The molecular weight excluding hydrogens is 403 g/mol. The minimum Gasteiger partial charge on any atom is -1.00 e. The standard InChI is InChI=1S/C18H44N2O2Si2.2ClH/c1-17(2,3)23(7,8)21-15-13-19-11-12-20-14-16-22-24(9,10)18(4,5)6;;/h19-20H,11-16H2,1-10H3;2*1H. The van der Waals surface area contributed by atoms with Crippen molar-refractivity contribution in [2.75, 3.05) is 39.4 Å². The average Bonchev–Trinajstić information content (AvgIpc) is 2.38. The van der Waals surface area contributed by atoms with Crippen molar-refractivity contribution in [1.82, 2.24) is 0 Å². The number of quaternary nitrogens is 2. The maximum Gasteiger partial charge on any atom is 0.192 e. The van der Waals surface area contributed by atoms with Crippen molar-refractivity contribution in [2.45, 2.75) is 77.8 Å². The monoisotopic (exact) mass is 448 g/mol. The van der Waals surface area contributed by atoms with Crippen LogP contribution in [0.25, 0.3) is 0 Å². The van der Waals surface area contributed by atoms with Gasteiger partial charge in [0.2, 0.25) is 0 Å². The third kappa shape index (κ3) is 12.3. The summed E-state index contributed by atoms with van der Waals surface area (Å²) in [6.45, 7) is 29.3. The van der Waals surface area contributed by atoms with E-state index >= 15 is 0 Å². The molecule has 0 bridgehead atoms. The van der Waals surface area contributed by atoms with Crippen molar-refractivity contribution in [2.24, 2.45) is 0 Å². The zero-order valence-corrected chi connectivity index (χ0v) is 22.5. The Labute approximate surface area is 178 Å². The minimum atomic E-state index is -1.56. The van der Waals surface area contributed by atoms with Crippen LogP contribution in [-0.2, 0) is 8.85 Å². The maximum absolute atomic E-state index is 6.19. The first-order valence-corrected chi connectivity index (χ1v) is 15.4. The van der Waals surface area contributed by atoms with Gasteiger partial charge in [-0.05, 0) is 36.3 Å². The molecule has 0 fully saturated rings. The highest BCUT2D eigenvalue weighted by Crippen LogP contribution is 2.36. The van der Waals surface area contributed by atoms with Gasteiger partial charge in [-0.3, -0.25) is 0 Å². The van der Waals surface area contributed by atoms with Crippen LogP contribution in [0.4, 0.5) is 0 Å². The number of rotatable bonds is 11. The lowest BCUT2D eigenvalue weighted by Crippen LogP contribution is -3.00. The Kier molecular flexibility index (Phi) is 16.0. The van der Waals surface area contributed by atoms with Crippen LogP contribution in [0.2, 0.25) is 36.3 Å². The van der Waals surface area contributed by atoms with Gasteiger partial charge in [0.1, 0.15) is 13.1 Å². The second kappa shape index (κ2) is 13.1. The molecule has 0 saturated carbocycles. The van der Waals surface area contributed by atoms with Gasteiger partial charge in [0.25, 0.3) is 0 Å². The van der Waals surface area contributed by atoms with Crippen molar-refractivity contribution >= 4 is 16.6 Å². The van der Waals surface area contributed by atoms with E-state index in [4.69, 9.17) is 8.85 Å². The summed E-state index contributed by atoms with van der Waals surface area (Å²) in [5.74, 6) is 0. The molecule has 4 nitrogen and oxygen atoms in total. The molecule has 0 aromatic rings. The second-order valence-electron chi connectivity index (χ2n) is 9.95. The van der Waals surface area contributed by atoms with Crippen molar-refractivity contribution in [3.8, 4) is 0 Å². The molecular formula is C18H46Cl2N2O2Si2. The fraction of sp³-hybridized carbons (Fsp3) is 1.00. The largest absolute Gasteiger partial charge is 1.00 e. The fourth-order valence-corrected chi connectivity index (χ4v) is 3.87. The molecule has 26 heavy (non-hydrogen) atoms. The molecule has 0 aliphatic carbocycles. The average molecular weight is 450 g/mol. The van der Waals surface area contributed by atoms with E-state index in [1.54, 1.807) is 0 Å². The molecule has 0 saturated heterocycles. The molecule has 8 heteroatoms. The summed E-state index contributed by atoms with van der Waals surface area (Å²) in [5, 5.41) is 5.37. The Hall–Kier alpha value is 0.854. The first kappa shape index (κ1) is 31.5. The van der Waals surface area contributed by atoms with E-state index in [1.807, 2.05) is 0 Å². The second-order valence-corrected chi connectivity index (χ2v) is 19.6. The van der Waals surface area contributed by atoms with Crippen LogP contribution < -0.4 is 35.4 Å². The Bertz CT molecular complexity index is 324. The highest BCUT2D eigenvalue weighted by atomic mass is 35.5. The first-order valence-electron chi connectivity index (χ1n) is 9.62. The third-order valence-electron chi connectivity index (χ3n) is 5.76. The number of hydrogen-bond donors (Lipinski definition) is 2. The smallest absolute Gasteiger partial charge is 0.192 e. The Morgan fingerprint density at radius 3 is 1.08 bits per heavy atom. The van der Waals surface area contributed by atoms with Crippen molar-refractivity contribution < 1.29 is 44.3 Å². The predicted molar refractivity (Wildman–Crippen MR) is 110 cm³/mol. The van der Waals surface area contributed by atoms with Crippen LogP contribution in [0, 0.1) is 0 Å². The molecule has 0 rings (SSSR count). The highest BCUT2D eigenvalue weighted by molar-refractivity contribution is 6.74. The third-order valence-corrected chi connectivity index (χ3v) is 14.8. The van der Waals surface area contributed by atoms with Gasteiger partial charge in [0.15, 0.2) is 16.6 Å². The van der Waals surface area contributed by atoms with Crippen LogP contribution in [0.3, 0.4) is 0 Å². The fourth-order valence-electron chi connectivity index (χ4n) is 1.75. The van der Waals surface area contributed by atoms with E-state index in [-0.39, 0.29) is 24.8 Å². The molecule has 0 aromatic carbocycles. The van der Waals surface area contributed by atoms with Crippen molar-refractivity contribution in [3.63, 3.8) is 0 Å². The summed E-state index contributed by atoms with van der Waals surface area (Å²) in [7, 11) is -3.13. The summed E-state index contributed by atoms with van der Waals surface area (Å²) in [5.41, 5.74) is 0. The van der Waals surface area contributed by atoms with Crippen molar-refractivity contribution in [1.29, 1.82) is 0 Å². The quantitative estimate of drug-likeness (QED) is 0.251. The summed E-state index contributed by atoms with van der Waals surface area (Å²) in [4.78, 5) is 0. The van der Waals surface area contributed by atoms with Crippen LogP contribution in [0.1, 0.15) is 41.5 Å². The predicted octanol–water partition coefficient (Wildman–Crippen LogP) is -3.84. The lowest BCUT2D eigenvalue weighted by atomic mass is 10.2. The maximum atomic E-state index is 6.19. The molecule has 0 heterocycles. The van der Waals surface area contributed by atoms with Gasteiger partial charge < -0.3 is 44.3 Å². The Balaban J connectivity index is -0.00000264. The summed E-state index contributed by atoms with van der Waals surface area (Å²) < 4.78 is 12.4. The zero-order valence-electron chi connectivity index (χ0n) is 19.0. The molecule has 0 spiro atoms. The number of nitrogens with two attached hydrogens (primary N) is 2. The first-order chi connectivity index (χ1) is 10.7. The molecule has 162 valence electrons. The molecule has 4 N–H and O–H groups in total. The van der Waals surface area contributed by atoms with Gasteiger partial charge in [-0.25, -0.2) is 0 Å². The van der Waals surface area contributed by atoms with Gasteiger partial charge >= 0.3 is 0 Å². The Morgan fingerprint density at radius 1 is 0.577 bits per heavy atom. The molecule has 0 aromatic heterocycles. The van der Waals surface area contributed by atoms with E-state index in [1.165, 1.54) is 0 Å². The van der Waals surface area contributed by atoms with Crippen LogP contribution in [0.5, 0.6) is 0 Å². The SMILES string of the molecule is CC(C)(C)[Si](C)(C)OCC[NH2+]CC[NH2+]CCO[Si](C)(C)C(C)(C)C.[Cl-].[Cl-]. The Morgan fingerprint density at radius 2 is 0.846 bits per heavy atom. The van der Waals surface area contributed by atoms with Gasteiger partial charge in [-0.1, -0.05) is 41.5 Å². The molecule has 0 unspecified atom stereocenters. The number of hydrogen-bond acceptors (Lipinski definition) is 2. The van der Waals surface area contributed by atoms with Gasteiger partial charge in [0, 0.05) is 0 Å². The van der Waals surface area contributed by atoms with E-state index < -0.39 is 16.6 Å². The molecule has 0 aliphatic heterocycles. The van der Waals surface area contributed by atoms with Gasteiger partial charge in [-0.2, -0.15) is 0 Å². The summed E-state index contributed by atoms with van der Waals surface area (Å²) in [6.07, 6.45) is 0. The summed E-state index contributed by atoms with van der Waals surface area (Å²) in [6, 6.07) is 0. The van der Waals surface area contributed by atoms with Crippen LogP contribution in [0.15, 0.2) is 0 Å². The number of halogens is 2.